The molecule has 1 atom stereocenters. The molecule has 3 rings (SSSR count). The predicted molar refractivity (Wildman–Crippen MR) is 108 cm³/mol. The van der Waals surface area contributed by atoms with Gasteiger partial charge in [-0.25, -0.2) is 0 Å². The molecule has 6 nitrogen and oxygen atoms in total. The summed E-state index contributed by atoms with van der Waals surface area (Å²) in [6.45, 7) is 0.315. The Kier molecular flexibility index (Phi) is 6.44. The molecule has 0 radical (unpaired) electrons. The van der Waals surface area contributed by atoms with E-state index in [2.05, 4.69) is 0 Å². The Morgan fingerprint density at radius 1 is 0.862 bits per heavy atom. The molecule has 6 heteroatoms. The Balaban J connectivity index is 1.93. The number of hydrogen-bond donors (Lipinski definition) is 2. The Bertz CT molecular complexity index is 921. The minimum Gasteiger partial charge on any atom is -0.507 e. The van der Waals surface area contributed by atoms with Crippen LogP contribution in [0.5, 0.6) is 0 Å². The first-order valence-electron chi connectivity index (χ1n) is 9.61. The van der Waals surface area contributed by atoms with Crippen molar-refractivity contribution in [2.75, 3.05) is 6.54 Å². The van der Waals surface area contributed by atoms with Gasteiger partial charge in [0.2, 0.25) is 0 Å². The number of carbonyl (C=O) groups excluding carboxylic acids is 2. The molecule has 1 fully saturated rings. The summed E-state index contributed by atoms with van der Waals surface area (Å²) < 4.78 is 0. The van der Waals surface area contributed by atoms with E-state index in [0.717, 1.165) is 5.56 Å². The molecule has 0 aliphatic carbocycles. The van der Waals surface area contributed by atoms with Gasteiger partial charge in [0.05, 0.1) is 11.6 Å². The van der Waals surface area contributed by atoms with Crippen molar-refractivity contribution in [1.29, 1.82) is 0 Å². The number of amides is 1. The van der Waals surface area contributed by atoms with Crippen LogP contribution in [0.15, 0.2) is 66.2 Å². The maximum absolute atomic E-state index is 12.8. The summed E-state index contributed by atoms with van der Waals surface area (Å²) in [4.78, 5) is 37.7. The lowest BCUT2D eigenvalue weighted by atomic mass is 9.95. The van der Waals surface area contributed by atoms with Crippen LogP contribution in [-0.2, 0) is 14.4 Å². The van der Waals surface area contributed by atoms with Crippen molar-refractivity contribution in [2.45, 2.75) is 31.7 Å². The number of carboxylic acids is 1. The third-order valence-electron chi connectivity index (χ3n) is 4.99. The molecule has 0 bridgehead atoms. The monoisotopic (exact) mass is 393 g/mol. The van der Waals surface area contributed by atoms with Crippen LogP contribution in [0.1, 0.15) is 42.9 Å². The zero-order valence-electron chi connectivity index (χ0n) is 16.0. The quantitative estimate of drug-likeness (QED) is 0.308. The molecule has 2 aromatic carbocycles. The molecular weight excluding hydrogens is 370 g/mol. The van der Waals surface area contributed by atoms with Crippen LogP contribution >= 0.6 is 0 Å². The Morgan fingerprint density at radius 3 is 2.10 bits per heavy atom. The van der Waals surface area contributed by atoms with Crippen LogP contribution in [0.3, 0.4) is 0 Å². The number of carboxylic acid groups (broad SMARTS) is 1. The highest BCUT2D eigenvalue weighted by atomic mass is 16.4. The second-order valence-corrected chi connectivity index (χ2v) is 6.97. The number of hydrogen-bond acceptors (Lipinski definition) is 4. The van der Waals surface area contributed by atoms with Gasteiger partial charge in [-0.2, -0.15) is 0 Å². The van der Waals surface area contributed by atoms with Crippen LogP contribution in [0.4, 0.5) is 0 Å². The minimum atomic E-state index is -0.849. The Hall–Kier alpha value is -3.41. The first kappa shape index (κ1) is 20.3. The first-order chi connectivity index (χ1) is 14.0. The SMILES string of the molecule is O=C(O)CCCCCN1C(=O)C(=O)/C(=C(/O)c2ccccc2)[C@@H]1c1ccccc1. The molecular formula is C23H23NO5. The topological polar surface area (TPSA) is 94.9 Å². The van der Waals surface area contributed by atoms with E-state index in [0.29, 0.717) is 31.4 Å². The zero-order valence-corrected chi connectivity index (χ0v) is 16.0. The summed E-state index contributed by atoms with van der Waals surface area (Å²) in [5.41, 5.74) is 1.31. The largest absolute Gasteiger partial charge is 0.507 e. The van der Waals surface area contributed by atoms with Crippen molar-refractivity contribution in [3.05, 3.63) is 77.4 Å². The highest BCUT2D eigenvalue weighted by molar-refractivity contribution is 6.46. The van der Waals surface area contributed by atoms with Crippen molar-refractivity contribution in [3.8, 4) is 0 Å². The van der Waals surface area contributed by atoms with Crippen LogP contribution in [0, 0.1) is 0 Å². The number of aliphatic hydroxyl groups is 1. The molecule has 0 aromatic heterocycles. The fourth-order valence-corrected chi connectivity index (χ4v) is 3.58. The summed E-state index contributed by atoms with van der Waals surface area (Å²) in [6, 6.07) is 17.2. The maximum atomic E-state index is 12.8. The van der Waals surface area contributed by atoms with E-state index in [1.54, 1.807) is 30.3 Å². The molecule has 2 aromatic rings. The summed E-state index contributed by atoms with van der Waals surface area (Å²) >= 11 is 0. The van der Waals surface area contributed by atoms with E-state index < -0.39 is 23.7 Å². The summed E-state index contributed by atoms with van der Waals surface area (Å²) in [5, 5.41) is 19.6. The van der Waals surface area contributed by atoms with Crippen molar-refractivity contribution in [1.82, 2.24) is 4.90 Å². The number of aliphatic hydroxyl groups excluding tert-OH is 1. The molecule has 29 heavy (non-hydrogen) atoms. The first-order valence-corrected chi connectivity index (χ1v) is 9.61. The minimum absolute atomic E-state index is 0.0783. The lowest BCUT2D eigenvalue weighted by molar-refractivity contribution is -0.140. The fraction of sp³-hybridized carbons (Fsp3) is 0.261. The van der Waals surface area contributed by atoms with E-state index in [1.165, 1.54) is 4.90 Å². The molecule has 1 aliphatic heterocycles. The third-order valence-corrected chi connectivity index (χ3v) is 4.99. The van der Waals surface area contributed by atoms with Crippen LogP contribution < -0.4 is 0 Å². The maximum Gasteiger partial charge on any atom is 0.303 e. The molecule has 0 spiro atoms. The second kappa shape index (κ2) is 9.19. The Morgan fingerprint density at radius 2 is 1.48 bits per heavy atom. The number of carbonyl (C=O) groups is 3. The average Bonchev–Trinajstić information content (AvgIpc) is 2.99. The van der Waals surface area contributed by atoms with Crippen LogP contribution in [0.25, 0.3) is 5.76 Å². The van der Waals surface area contributed by atoms with Gasteiger partial charge in [-0.3, -0.25) is 14.4 Å². The summed E-state index contributed by atoms with van der Waals surface area (Å²) in [5.74, 6) is -2.39. The van der Waals surface area contributed by atoms with E-state index in [-0.39, 0.29) is 17.8 Å². The number of aliphatic carboxylic acids is 1. The normalized spacial score (nSPS) is 18.2. The Labute approximate surface area is 169 Å². The summed E-state index contributed by atoms with van der Waals surface area (Å²) in [7, 11) is 0. The number of likely N-dealkylation sites (tertiary alicyclic amines) is 1. The van der Waals surface area contributed by atoms with Crippen molar-refractivity contribution in [2.24, 2.45) is 0 Å². The second-order valence-electron chi connectivity index (χ2n) is 6.97. The molecule has 150 valence electrons. The van der Waals surface area contributed by atoms with E-state index in [4.69, 9.17) is 5.11 Å². The molecule has 0 saturated carbocycles. The molecule has 1 aliphatic rings. The van der Waals surface area contributed by atoms with Crippen molar-refractivity contribution < 1.29 is 24.6 Å². The highest BCUT2D eigenvalue weighted by Crippen LogP contribution is 2.39. The molecule has 2 N–H and O–H groups in total. The number of unbranched alkanes of at least 4 members (excludes halogenated alkanes) is 2. The zero-order chi connectivity index (χ0) is 20.8. The van der Waals surface area contributed by atoms with Gasteiger partial charge in [-0.1, -0.05) is 67.1 Å². The van der Waals surface area contributed by atoms with E-state index in [1.807, 2.05) is 30.3 Å². The summed E-state index contributed by atoms with van der Waals surface area (Å²) in [6.07, 6.45) is 1.80. The lowest BCUT2D eigenvalue weighted by Crippen LogP contribution is -2.30. The van der Waals surface area contributed by atoms with Gasteiger partial charge >= 0.3 is 5.97 Å². The lowest BCUT2D eigenvalue weighted by Gasteiger charge is -2.25. The number of benzene rings is 2. The number of Topliss-reactive ketones (excluding diaryl/α,β-unsaturated/α-hetero) is 1. The molecule has 0 unspecified atom stereocenters. The van der Waals surface area contributed by atoms with E-state index in [9.17, 15) is 19.5 Å². The van der Waals surface area contributed by atoms with Crippen molar-refractivity contribution >= 4 is 23.4 Å². The number of nitrogens with zero attached hydrogens (tertiary/aromatic N) is 1. The van der Waals surface area contributed by atoms with Crippen LogP contribution in [0.2, 0.25) is 0 Å². The average molecular weight is 393 g/mol. The number of rotatable bonds is 8. The van der Waals surface area contributed by atoms with Gasteiger partial charge in [-0.15, -0.1) is 0 Å². The molecule has 1 saturated heterocycles. The van der Waals surface area contributed by atoms with Gasteiger partial charge < -0.3 is 15.1 Å². The van der Waals surface area contributed by atoms with Gasteiger partial charge in [-0.05, 0) is 18.4 Å². The molecule has 1 heterocycles. The van der Waals surface area contributed by atoms with Gasteiger partial charge in [0, 0.05) is 18.5 Å². The number of ketones is 1. The highest BCUT2D eigenvalue weighted by Gasteiger charge is 2.45. The molecule has 1 amide bonds. The van der Waals surface area contributed by atoms with E-state index >= 15 is 0 Å². The third kappa shape index (κ3) is 4.54. The van der Waals surface area contributed by atoms with Gasteiger partial charge in [0.25, 0.3) is 11.7 Å². The van der Waals surface area contributed by atoms with Crippen LogP contribution in [-0.4, -0.2) is 39.3 Å². The standard InChI is InChI=1S/C23H23NO5/c25-18(26)14-8-3-9-15-24-20(16-10-4-1-5-11-16)19(22(28)23(24)29)21(27)17-12-6-2-7-13-17/h1-2,4-7,10-13,20,27H,3,8-9,14-15H2,(H,25,26)/b21-19+/t20-/m0/s1. The van der Waals surface area contributed by atoms with Gasteiger partial charge in [0.15, 0.2) is 0 Å². The predicted octanol–water partition coefficient (Wildman–Crippen LogP) is 3.75. The van der Waals surface area contributed by atoms with Gasteiger partial charge in [0.1, 0.15) is 5.76 Å². The fourth-order valence-electron chi connectivity index (χ4n) is 3.58. The smallest absolute Gasteiger partial charge is 0.303 e. The van der Waals surface area contributed by atoms with Crippen molar-refractivity contribution in [3.63, 3.8) is 0 Å².